The van der Waals surface area contributed by atoms with Crippen molar-refractivity contribution >= 4 is 42.4 Å². The number of carbonyl (C=O) groups excluding carboxylic acids is 1. The van der Waals surface area contributed by atoms with Crippen LogP contribution >= 0.6 is 11.3 Å². The molecule has 9 heteroatoms. The standard InChI is InChI=1S/C16H15N3O4S2/c1-23-12-4-3-5-13-14(12)17-16(24-13)19-18-15(20)10-6-8-11(9-7-10)25(2,21)22/h3-9H,1-2H3,(H,17,19)(H,18,20). The first kappa shape index (κ1) is 17.2. The van der Waals surface area contributed by atoms with Crippen molar-refractivity contribution in [1.82, 2.24) is 10.4 Å². The van der Waals surface area contributed by atoms with Crippen LogP contribution in [-0.2, 0) is 9.84 Å². The number of fused-ring (bicyclic) bond motifs is 1. The minimum Gasteiger partial charge on any atom is -0.494 e. The summed E-state index contributed by atoms with van der Waals surface area (Å²) in [6.45, 7) is 0. The van der Waals surface area contributed by atoms with E-state index < -0.39 is 15.7 Å². The van der Waals surface area contributed by atoms with Crippen molar-refractivity contribution in [3.05, 3.63) is 48.0 Å². The number of methoxy groups -OCH3 is 1. The van der Waals surface area contributed by atoms with Gasteiger partial charge in [0, 0.05) is 11.8 Å². The molecular weight excluding hydrogens is 362 g/mol. The summed E-state index contributed by atoms with van der Waals surface area (Å²) in [4.78, 5) is 16.7. The van der Waals surface area contributed by atoms with Gasteiger partial charge in [-0.05, 0) is 36.4 Å². The molecule has 0 spiro atoms. The van der Waals surface area contributed by atoms with Gasteiger partial charge in [0.15, 0.2) is 9.84 Å². The van der Waals surface area contributed by atoms with E-state index in [4.69, 9.17) is 4.74 Å². The van der Waals surface area contributed by atoms with E-state index in [1.165, 1.54) is 35.6 Å². The molecule has 1 aromatic heterocycles. The minimum absolute atomic E-state index is 0.162. The largest absolute Gasteiger partial charge is 0.494 e. The van der Waals surface area contributed by atoms with Crippen molar-refractivity contribution in [3.8, 4) is 5.75 Å². The highest BCUT2D eigenvalue weighted by Crippen LogP contribution is 2.31. The smallest absolute Gasteiger partial charge is 0.269 e. The number of hydrazine groups is 1. The average molecular weight is 377 g/mol. The van der Waals surface area contributed by atoms with E-state index in [0.717, 1.165) is 11.0 Å². The Morgan fingerprint density at radius 2 is 1.88 bits per heavy atom. The van der Waals surface area contributed by atoms with Crippen LogP contribution in [0.5, 0.6) is 5.75 Å². The molecule has 0 unspecified atom stereocenters. The number of hydrogen-bond donors (Lipinski definition) is 2. The van der Waals surface area contributed by atoms with Crippen LogP contribution in [0.2, 0.25) is 0 Å². The lowest BCUT2D eigenvalue weighted by Gasteiger charge is -2.06. The topological polar surface area (TPSA) is 97.4 Å². The van der Waals surface area contributed by atoms with Crippen LogP contribution in [0, 0.1) is 0 Å². The molecule has 0 bridgehead atoms. The molecule has 3 aromatic rings. The van der Waals surface area contributed by atoms with Crippen molar-refractivity contribution in [2.24, 2.45) is 0 Å². The summed E-state index contributed by atoms with van der Waals surface area (Å²) in [7, 11) is -1.72. The molecule has 0 aliphatic rings. The van der Waals surface area contributed by atoms with E-state index in [2.05, 4.69) is 15.8 Å². The third-order valence-corrected chi connectivity index (χ3v) is 5.49. The van der Waals surface area contributed by atoms with Gasteiger partial charge in [0.25, 0.3) is 5.91 Å². The quantitative estimate of drug-likeness (QED) is 0.663. The number of anilines is 1. The Kier molecular flexibility index (Phi) is 4.60. The van der Waals surface area contributed by atoms with E-state index in [1.807, 2.05) is 18.2 Å². The van der Waals surface area contributed by atoms with E-state index in [-0.39, 0.29) is 4.90 Å². The zero-order valence-corrected chi connectivity index (χ0v) is 15.1. The Labute approximate surface area is 148 Å². The number of para-hydroxylation sites is 1. The summed E-state index contributed by atoms with van der Waals surface area (Å²) in [6, 6.07) is 11.3. The van der Waals surface area contributed by atoms with Crippen LogP contribution in [0.3, 0.4) is 0 Å². The Bertz CT molecular complexity index is 1030. The van der Waals surface area contributed by atoms with Crippen molar-refractivity contribution in [1.29, 1.82) is 0 Å². The molecule has 0 fully saturated rings. The summed E-state index contributed by atoms with van der Waals surface area (Å²) in [5.41, 5.74) is 6.35. The summed E-state index contributed by atoms with van der Waals surface area (Å²) in [5.74, 6) is 0.260. The van der Waals surface area contributed by atoms with Gasteiger partial charge in [-0.1, -0.05) is 17.4 Å². The second-order valence-corrected chi connectivity index (χ2v) is 8.25. The fourth-order valence-corrected chi connectivity index (χ4v) is 3.64. The zero-order valence-electron chi connectivity index (χ0n) is 13.4. The number of rotatable bonds is 5. The summed E-state index contributed by atoms with van der Waals surface area (Å²) < 4.78 is 29.0. The molecule has 0 aliphatic heterocycles. The van der Waals surface area contributed by atoms with Gasteiger partial charge in [0.05, 0.1) is 16.7 Å². The van der Waals surface area contributed by atoms with Crippen LogP contribution in [0.1, 0.15) is 10.4 Å². The highest BCUT2D eigenvalue weighted by Gasteiger charge is 2.12. The number of carbonyl (C=O) groups is 1. The third-order valence-electron chi connectivity index (χ3n) is 3.43. The van der Waals surface area contributed by atoms with Crippen LogP contribution < -0.4 is 15.6 Å². The van der Waals surface area contributed by atoms with Crippen LogP contribution in [0.15, 0.2) is 47.4 Å². The van der Waals surface area contributed by atoms with E-state index in [0.29, 0.717) is 22.0 Å². The van der Waals surface area contributed by atoms with E-state index in [1.54, 1.807) is 7.11 Å². The second-order valence-electron chi connectivity index (χ2n) is 5.20. The predicted octanol–water partition coefficient (Wildman–Crippen LogP) is 2.47. The maximum atomic E-state index is 12.1. The Morgan fingerprint density at radius 3 is 2.52 bits per heavy atom. The van der Waals surface area contributed by atoms with E-state index in [9.17, 15) is 13.2 Å². The number of amides is 1. The molecule has 0 saturated heterocycles. The zero-order chi connectivity index (χ0) is 18.0. The average Bonchev–Trinajstić information content (AvgIpc) is 3.02. The third kappa shape index (κ3) is 3.72. The number of nitrogens with one attached hydrogen (secondary N) is 2. The van der Waals surface area contributed by atoms with Gasteiger partial charge < -0.3 is 4.74 Å². The maximum Gasteiger partial charge on any atom is 0.269 e. The molecule has 1 heterocycles. The van der Waals surface area contributed by atoms with Crippen molar-refractivity contribution < 1.29 is 17.9 Å². The number of benzene rings is 2. The Balaban J connectivity index is 1.72. The molecule has 1 amide bonds. The van der Waals surface area contributed by atoms with E-state index >= 15 is 0 Å². The molecule has 0 aliphatic carbocycles. The van der Waals surface area contributed by atoms with Crippen molar-refractivity contribution in [3.63, 3.8) is 0 Å². The first-order chi connectivity index (χ1) is 11.9. The summed E-state index contributed by atoms with van der Waals surface area (Å²) in [5, 5.41) is 0.514. The number of aromatic nitrogens is 1. The normalized spacial score (nSPS) is 11.3. The van der Waals surface area contributed by atoms with Crippen molar-refractivity contribution in [2.45, 2.75) is 4.90 Å². The maximum absolute atomic E-state index is 12.1. The highest BCUT2D eigenvalue weighted by atomic mass is 32.2. The lowest BCUT2D eigenvalue weighted by atomic mass is 10.2. The molecular formula is C16H15N3O4S2. The Morgan fingerprint density at radius 1 is 1.16 bits per heavy atom. The van der Waals surface area contributed by atoms with Crippen LogP contribution in [0.25, 0.3) is 10.2 Å². The molecule has 130 valence electrons. The van der Waals surface area contributed by atoms with Gasteiger partial charge in [-0.3, -0.25) is 15.6 Å². The predicted molar refractivity (Wildman–Crippen MR) is 96.8 cm³/mol. The molecule has 2 N–H and O–H groups in total. The van der Waals surface area contributed by atoms with Gasteiger partial charge in [0.2, 0.25) is 5.13 Å². The number of sulfone groups is 1. The fourth-order valence-electron chi connectivity index (χ4n) is 2.18. The van der Waals surface area contributed by atoms with Gasteiger partial charge in [0.1, 0.15) is 11.3 Å². The molecule has 0 saturated carbocycles. The first-order valence-electron chi connectivity index (χ1n) is 7.18. The summed E-state index contributed by atoms with van der Waals surface area (Å²) >= 11 is 1.37. The number of ether oxygens (including phenoxy) is 1. The van der Waals surface area contributed by atoms with Gasteiger partial charge in [-0.15, -0.1) is 0 Å². The molecule has 0 atom stereocenters. The molecule has 25 heavy (non-hydrogen) atoms. The van der Waals surface area contributed by atoms with Gasteiger partial charge >= 0.3 is 0 Å². The fraction of sp³-hybridized carbons (Fsp3) is 0.125. The Hall–Kier alpha value is -2.65. The lowest BCUT2D eigenvalue weighted by Crippen LogP contribution is -2.29. The highest BCUT2D eigenvalue weighted by molar-refractivity contribution is 7.90. The molecule has 3 rings (SSSR count). The summed E-state index contributed by atoms with van der Waals surface area (Å²) in [6.07, 6.45) is 1.12. The van der Waals surface area contributed by atoms with Gasteiger partial charge in [-0.2, -0.15) is 0 Å². The SMILES string of the molecule is COc1cccc2sc(NNC(=O)c3ccc(S(C)(=O)=O)cc3)nc12. The van der Waals surface area contributed by atoms with Gasteiger partial charge in [-0.25, -0.2) is 13.4 Å². The lowest BCUT2D eigenvalue weighted by molar-refractivity contribution is 0.0962. The van der Waals surface area contributed by atoms with Crippen molar-refractivity contribution in [2.75, 3.05) is 18.8 Å². The van der Waals surface area contributed by atoms with Crippen LogP contribution in [-0.4, -0.2) is 32.7 Å². The van der Waals surface area contributed by atoms with Crippen LogP contribution in [0.4, 0.5) is 5.13 Å². The molecule has 7 nitrogen and oxygen atoms in total. The minimum atomic E-state index is -3.29. The second kappa shape index (κ2) is 6.69. The molecule has 0 radical (unpaired) electrons. The monoisotopic (exact) mass is 377 g/mol. The number of hydrogen-bond acceptors (Lipinski definition) is 7. The molecule has 2 aromatic carbocycles. The number of thiazole rings is 1. The number of nitrogens with zero attached hydrogens (tertiary/aromatic N) is 1. The first-order valence-corrected chi connectivity index (χ1v) is 9.89.